The largest absolute Gasteiger partial charge is 0.465 e. The smallest absolute Gasteiger partial charge is 0.339 e. The summed E-state index contributed by atoms with van der Waals surface area (Å²) in [6.45, 7) is 0.500. The van der Waals surface area contributed by atoms with Crippen molar-refractivity contribution in [1.82, 2.24) is 0 Å². The lowest BCUT2D eigenvalue weighted by molar-refractivity contribution is 0.0601. The molecule has 0 aliphatic rings. The van der Waals surface area contributed by atoms with Crippen LogP contribution in [0.3, 0.4) is 0 Å². The highest BCUT2D eigenvalue weighted by atomic mass is 16.5. The summed E-state index contributed by atoms with van der Waals surface area (Å²) in [5.41, 5.74) is 2.34. The third kappa shape index (κ3) is 3.83. The van der Waals surface area contributed by atoms with Crippen molar-refractivity contribution in [2.75, 3.05) is 26.1 Å². The highest BCUT2D eigenvalue weighted by Gasteiger charge is 2.16. The molecule has 2 rings (SSSR count). The number of methoxy groups -OCH3 is 2. The number of esters is 1. The van der Waals surface area contributed by atoms with Gasteiger partial charge in [-0.2, -0.15) is 0 Å². The van der Waals surface area contributed by atoms with E-state index in [4.69, 9.17) is 9.47 Å². The van der Waals surface area contributed by atoms with Gasteiger partial charge in [0.05, 0.1) is 25.3 Å². The first-order valence-electron chi connectivity index (χ1n) is 6.74. The van der Waals surface area contributed by atoms with Crippen LogP contribution in [0.5, 0.6) is 0 Å². The van der Waals surface area contributed by atoms with Crippen molar-refractivity contribution in [2.24, 2.45) is 0 Å². The van der Waals surface area contributed by atoms with Crippen LogP contribution < -0.4 is 5.32 Å². The van der Waals surface area contributed by atoms with E-state index >= 15 is 0 Å². The molecule has 1 N–H and O–H groups in total. The molecule has 0 radical (unpaired) electrons. The molecular weight excluding hydrogens is 266 g/mol. The lowest BCUT2D eigenvalue weighted by Gasteiger charge is -2.21. The molecular formula is C17H19NO3. The third-order valence-electron chi connectivity index (χ3n) is 3.20. The number of carbonyl (C=O) groups is 1. The summed E-state index contributed by atoms with van der Waals surface area (Å²) in [7, 11) is 3.03. The van der Waals surface area contributed by atoms with Crippen LogP contribution in [0.2, 0.25) is 0 Å². The molecule has 0 saturated heterocycles. The van der Waals surface area contributed by atoms with Gasteiger partial charge < -0.3 is 14.8 Å². The number of carbonyl (C=O) groups excluding carboxylic acids is 1. The number of hydrogen-bond acceptors (Lipinski definition) is 4. The average molecular weight is 285 g/mol. The van der Waals surface area contributed by atoms with Crippen molar-refractivity contribution in [1.29, 1.82) is 0 Å². The van der Waals surface area contributed by atoms with Crippen LogP contribution in [0.25, 0.3) is 0 Å². The Bertz CT molecular complexity index is 584. The Morgan fingerprint density at radius 1 is 1.05 bits per heavy atom. The topological polar surface area (TPSA) is 47.6 Å². The Hall–Kier alpha value is -2.33. The van der Waals surface area contributed by atoms with Gasteiger partial charge in [-0.1, -0.05) is 42.5 Å². The van der Waals surface area contributed by atoms with E-state index in [-0.39, 0.29) is 12.0 Å². The van der Waals surface area contributed by atoms with Crippen molar-refractivity contribution in [2.45, 2.75) is 6.04 Å². The fourth-order valence-electron chi connectivity index (χ4n) is 2.16. The number of para-hydroxylation sites is 1. The molecule has 21 heavy (non-hydrogen) atoms. The maximum absolute atomic E-state index is 11.8. The lowest BCUT2D eigenvalue weighted by atomic mass is 10.1. The highest BCUT2D eigenvalue weighted by molar-refractivity contribution is 5.95. The molecule has 4 nitrogen and oxygen atoms in total. The summed E-state index contributed by atoms with van der Waals surface area (Å²) in [4.78, 5) is 11.8. The minimum atomic E-state index is -0.359. The Labute approximate surface area is 124 Å². The second-order valence-electron chi connectivity index (χ2n) is 4.60. The standard InChI is InChI=1S/C17H19NO3/c1-20-12-16(13-8-4-3-5-9-13)18-15-11-7-6-10-14(15)17(19)21-2/h3-11,16,18H,12H2,1-2H3. The number of anilines is 1. The molecule has 0 aliphatic carbocycles. The summed E-state index contributed by atoms with van der Waals surface area (Å²) in [5.74, 6) is -0.359. The predicted octanol–water partition coefficient (Wildman–Crippen LogP) is 3.27. The summed E-state index contributed by atoms with van der Waals surface area (Å²) >= 11 is 0. The van der Waals surface area contributed by atoms with Crippen LogP contribution in [-0.4, -0.2) is 26.8 Å². The Morgan fingerprint density at radius 2 is 1.71 bits per heavy atom. The van der Waals surface area contributed by atoms with Crippen molar-refractivity contribution in [3.05, 3.63) is 65.7 Å². The molecule has 0 spiro atoms. The molecule has 0 heterocycles. The average Bonchev–Trinajstić information content (AvgIpc) is 2.55. The SMILES string of the molecule is COCC(Nc1ccccc1C(=O)OC)c1ccccc1. The van der Waals surface area contributed by atoms with Crippen LogP contribution in [0.4, 0.5) is 5.69 Å². The van der Waals surface area contributed by atoms with Crippen molar-refractivity contribution >= 4 is 11.7 Å². The van der Waals surface area contributed by atoms with Crippen molar-refractivity contribution < 1.29 is 14.3 Å². The summed E-state index contributed by atoms with van der Waals surface area (Å²) in [6.07, 6.45) is 0. The van der Waals surface area contributed by atoms with Crippen LogP contribution in [0, 0.1) is 0 Å². The predicted molar refractivity (Wildman–Crippen MR) is 82.5 cm³/mol. The number of benzene rings is 2. The van der Waals surface area contributed by atoms with E-state index in [1.54, 1.807) is 13.2 Å². The molecule has 4 heteroatoms. The van der Waals surface area contributed by atoms with Gasteiger partial charge in [0, 0.05) is 12.8 Å². The summed E-state index contributed by atoms with van der Waals surface area (Å²) < 4.78 is 10.1. The van der Waals surface area contributed by atoms with E-state index < -0.39 is 0 Å². The molecule has 1 unspecified atom stereocenters. The zero-order chi connectivity index (χ0) is 15.1. The quantitative estimate of drug-likeness (QED) is 0.827. The van der Waals surface area contributed by atoms with Gasteiger partial charge >= 0.3 is 5.97 Å². The third-order valence-corrected chi connectivity index (χ3v) is 3.20. The first-order chi connectivity index (χ1) is 10.3. The summed E-state index contributed by atoms with van der Waals surface area (Å²) in [6, 6.07) is 17.2. The number of ether oxygens (including phenoxy) is 2. The molecule has 0 saturated carbocycles. The monoisotopic (exact) mass is 285 g/mol. The maximum atomic E-state index is 11.8. The minimum absolute atomic E-state index is 0.0398. The van der Waals surface area contributed by atoms with E-state index in [0.29, 0.717) is 12.2 Å². The molecule has 0 bridgehead atoms. The zero-order valence-electron chi connectivity index (χ0n) is 12.2. The van der Waals surface area contributed by atoms with Gasteiger partial charge in [0.15, 0.2) is 0 Å². The van der Waals surface area contributed by atoms with Gasteiger partial charge in [-0.05, 0) is 17.7 Å². The lowest BCUT2D eigenvalue weighted by Crippen LogP contribution is -2.18. The van der Waals surface area contributed by atoms with Gasteiger partial charge in [0.2, 0.25) is 0 Å². The maximum Gasteiger partial charge on any atom is 0.339 e. The van der Waals surface area contributed by atoms with Crippen LogP contribution in [0.15, 0.2) is 54.6 Å². The number of rotatable bonds is 6. The second-order valence-corrected chi connectivity index (χ2v) is 4.60. The van der Waals surface area contributed by atoms with Crippen LogP contribution in [-0.2, 0) is 9.47 Å². The van der Waals surface area contributed by atoms with E-state index in [1.165, 1.54) is 7.11 Å². The van der Waals surface area contributed by atoms with E-state index in [2.05, 4.69) is 5.32 Å². The first kappa shape index (κ1) is 15.1. The fraction of sp³-hybridized carbons (Fsp3) is 0.235. The molecule has 2 aromatic rings. The van der Waals surface area contributed by atoms with Crippen LogP contribution in [0.1, 0.15) is 22.0 Å². The Kier molecular flexibility index (Phi) is 5.35. The van der Waals surface area contributed by atoms with Gasteiger partial charge in [-0.3, -0.25) is 0 Å². The Balaban J connectivity index is 2.27. The number of nitrogens with one attached hydrogen (secondary N) is 1. The van der Waals surface area contributed by atoms with Crippen LogP contribution >= 0.6 is 0 Å². The molecule has 1 atom stereocenters. The normalized spacial score (nSPS) is 11.7. The highest BCUT2D eigenvalue weighted by Crippen LogP contribution is 2.23. The van der Waals surface area contributed by atoms with Gasteiger partial charge in [0.25, 0.3) is 0 Å². The molecule has 0 aliphatic heterocycles. The van der Waals surface area contributed by atoms with E-state index in [1.807, 2.05) is 48.5 Å². The van der Waals surface area contributed by atoms with Gasteiger partial charge in [-0.25, -0.2) is 4.79 Å². The van der Waals surface area contributed by atoms with Crippen molar-refractivity contribution in [3.63, 3.8) is 0 Å². The van der Waals surface area contributed by atoms with E-state index in [0.717, 1.165) is 11.3 Å². The molecule has 0 fully saturated rings. The Morgan fingerprint density at radius 3 is 2.38 bits per heavy atom. The van der Waals surface area contributed by atoms with Crippen molar-refractivity contribution in [3.8, 4) is 0 Å². The molecule has 2 aromatic carbocycles. The second kappa shape index (κ2) is 7.45. The first-order valence-corrected chi connectivity index (χ1v) is 6.74. The van der Waals surface area contributed by atoms with Gasteiger partial charge in [0.1, 0.15) is 0 Å². The van der Waals surface area contributed by atoms with Gasteiger partial charge in [-0.15, -0.1) is 0 Å². The number of hydrogen-bond donors (Lipinski definition) is 1. The zero-order valence-corrected chi connectivity index (χ0v) is 12.2. The molecule has 0 amide bonds. The molecule has 0 aromatic heterocycles. The molecule has 110 valence electrons. The minimum Gasteiger partial charge on any atom is -0.465 e. The van der Waals surface area contributed by atoms with E-state index in [9.17, 15) is 4.79 Å². The fourth-order valence-corrected chi connectivity index (χ4v) is 2.16. The summed E-state index contributed by atoms with van der Waals surface area (Å²) in [5, 5.41) is 3.35.